The van der Waals surface area contributed by atoms with Crippen molar-refractivity contribution in [2.45, 2.75) is 10.9 Å². The smallest absolute Gasteiger partial charge is 0.123 e. The van der Waals surface area contributed by atoms with Crippen LogP contribution in [0.2, 0.25) is 10.0 Å². The molecule has 2 aromatic rings. The zero-order valence-corrected chi connectivity index (χ0v) is 12.3. The second kappa shape index (κ2) is 6.62. The quantitative estimate of drug-likeness (QED) is 0.810. The molecule has 0 fully saturated rings. The summed E-state index contributed by atoms with van der Waals surface area (Å²) in [7, 11) is 0. The van der Waals surface area contributed by atoms with Gasteiger partial charge in [0.2, 0.25) is 0 Å². The third-order valence-corrected chi connectivity index (χ3v) is 4.59. The summed E-state index contributed by atoms with van der Waals surface area (Å²) < 4.78 is 12.8. The van der Waals surface area contributed by atoms with Crippen LogP contribution < -0.4 is 5.73 Å². The number of hydrogen-bond acceptors (Lipinski definition) is 2. The van der Waals surface area contributed by atoms with Gasteiger partial charge in [0, 0.05) is 16.7 Å². The monoisotopic (exact) mass is 315 g/mol. The topological polar surface area (TPSA) is 26.0 Å². The minimum atomic E-state index is -0.244. The maximum atomic E-state index is 12.8. The average Bonchev–Trinajstić information content (AvgIpc) is 2.41. The first-order chi connectivity index (χ1) is 9.08. The van der Waals surface area contributed by atoms with Crippen molar-refractivity contribution in [3.05, 3.63) is 63.9 Å². The van der Waals surface area contributed by atoms with Crippen molar-refractivity contribution in [1.82, 2.24) is 0 Å². The summed E-state index contributed by atoms with van der Waals surface area (Å²) >= 11 is 13.6. The van der Waals surface area contributed by atoms with E-state index in [-0.39, 0.29) is 11.9 Å². The van der Waals surface area contributed by atoms with Crippen molar-refractivity contribution in [2.24, 2.45) is 5.73 Å². The molecule has 2 rings (SSSR count). The highest BCUT2D eigenvalue weighted by Crippen LogP contribution is 2.31. The van der Waals surface area contributed by atoms with Crippen LogP contribution >= 0.6 is 35.0 Å². The largest absolute Gasteiger partial charge is 0.323 e. The van der Waals surface area contributed by atoms with Crippen molar-refractivity contribution in [3.63, 3.8) is 0 Å². The molecule has 1 atom stereocenters. The summed E-state index contributed by atoms with van der Waals surface area (Å²) in [6.45, 7) is 0. The molecule has 19 heavy (non-hydrogen) atoms. The van der Waals surface area contributed by atoms with Crippen LogP contribution in [-0.4, -0.2) is 5.75 Å². The summed E-state index contributed by atoms with van der Waals surface area (Å²) in [6.07, 6.45) is 0. The summed E-state index contributed by atoms with van der Waals surface area (Å²) in [6, 6.07) is 11.5. The molecular weight excluding hydrogens is 304 g/mol. The van der Waals surface area contributed by atoms with Gasteiger partial charge < -0.3 is 5.73 Å². The Bertz CT molecular complexity index is 560. The van der Waals surface area contributed by atoms with Crippen molar-refractivity contribution >= 4 is 35.0 Å². The van der Waals surface area contributed by atoms with Crippen molar-refractivity contribution < 1.29 is 4.39 Å². The van der Waals surface area contributed by atoms with E-state index < -0.39 is 0 Å². The predicted octanol–water partition coefficient (Wildman–Crippen LogP) is 4.92. The van der Waals surface area contributed by atoms with Gasteiger partial charge in [0.05, 0.1) is 10.0 Å². The Morgan fingerprint density at radius 2 is 1.79 bits per heavy atom. The molecule has 2 N–H and O–H groups in total. The normalized spacial score (nSPS) is 12.4. The molecule has 0 aromatic heterocycles. The molecule has 0 bridgehead atoms. The SMILES string of the molecule is NC(CSc1ccc(F)cc1)c1cccc(Cl)c1Cl. The molecule has 0 saturated carbocycles. The van der Waals surface area contributed by atoms with E-state index in [4.69, 9.17) is 28.9 Å². The second-order valence-corrected chi connectivity index (χ2v) is 5.89. The summed E-state index contributed by atoms with van der Waals surface area (Å²) in [5, 5.41) is 0.998. The molecule has 0 amide bonds. The van der Waals surface area contributed by atoms with E-state index in [0.29, 0.717) is 15.8 Å². The van der Waals surface area contributed by atoms with E-state index in [2.05, 4.69) is 0 Å². The first-order valence-corrected chi connectivity index (χ1v) is 7.40. The molecular formula is C14H12Cl2FNS. The van der Waals surface area contributed by atoms with E-state index in [1.807, 2.05) is 12.1 Å². The molecule has 0 heterocycles. The minimum absolute atomic E-state index is 0.221. The fourth-order valence-electron chi connectivity index (χ4n) is 1.61. The fraction of sp³-hybridized carbons (Fsp3) is 0.143. The Hall–Kier alpha value is -0.740. The van der Waals surface area contributed by atoms with E-state index >= 15 is 0 Å². The van der Waals surface area contributed by atoms with Crippen LogP contribution in [0.3, 0.4) is 0 Å². The number of benzene rings is 2. The van der Waals surface area contributed by atoms with Gasteiger partial charge in [-0.15, -0.1) is 11.8 Å². The van der Waals surface area contributed by atoms with Crippen LogP contribution in [0.15, 0.2) is 47.4 Å². The highest BCUT2D eigenvalue weighted by Gasteiger charge is 2.12. The molecule has 5 heteroatoms. The van der Waals surface area contributed by atoms with Gasteiger partial charge in [-0.1, -0.05) is 35.3 Å². The first kappa shape index (κ1) is 14.7. The van der Waals surface area contributed by atoms with Gasteiger partial charge in [-0.2, -0.15) is 0 Å². The van der Waals surface area contributed by atoms with Gasteiger partial charge in [0.25, 0.3) is 0 Å². The summed E-state index contributed by atoms with van der Waals surface area (Å²) in [5.74, 6) is 0.401. The van der Waals surface area contributed by atoms with Crippen molar-refractivity contribution in [3.8, 4) is 0 Å². The molecule has 0 aliphatic carbocycles. The first-order valence-electron chi connectivity index (χ1n) is 5.66. The molecule has 0 aliphatic rings. The fourth-order valence-corrected chi connectivity index (χ4v) is 2.94. The number of halogens is 3. The zero-order valence-electron chi connectivity index (χ0n) is 9.95. The second-order valence-electron chi connectivity index (χ2n) is 4.01. The lowest BCUT2D eigenvalue weighted by atomic mass is 10.1. The molecule has 100 valence electrons. The van der Waals surface area contributed by atoms with Crippen LogP contribution in [0.5, 0.6) is 0 Å². The Morgan fingerprint density at radius 1 is 1.11 bits per heavy atom. The summed E-state index contributed by atoms with van der Waals surface area (Å²) in [5.41, 5.74) is 6.93. The molecule has 0 radical (unpaired) electrons. The molecule has 2 aromatic carbocycles. The standard InChI is InChI=1S/C14H12Cl2FNS/c15-12-3-1-2-11(14(12)16)13(18)8-19-10-6-4-9(17)5-7-10/h1-7,13H,8,18H2. The molecule has 1 nitrogen and oxygen atoms in total. The van der Waals surface area contributed by atoms with Gasteiger partial charge in [0.15, 0.2) is 0 Å². The maximum Gasteiger partial charge on any atom is 0.123 e. The number of hydrogen-bond donors (Lipinski definition) is 1. The lowest BCUT2D eigenvalue weighted by Crippen LogP contribution is -2.13. The van der Waals surface area contributed by atoms with Gasteiger partial charge in [-0.05, 0) is 35.9 Å². The minimum Gasteiger partial charge on any atom is -0.323 e. The van der Waals surface area contributed by atoms with Crippen LogP contribution in [0.1, 0.15) is 11.6 Å². The third-order valence-electron chi connectivity index (χ3n) is 2.62. The number of rotatable bonds is 4. The third kappa shape index (κ3) is 3.86. The Kier molecular flexibility index (Phi) is 5.11. The van der Waals surface area contributed by atoms with Crippen LogP contribution in [0, 0.1) is 5.82 Å². The number of thioether (sulfide) groups is 1. The van der Waals surface area contributed by atoms with Gasteiger partial charge in [-0.3, -0.25) is 0 Å². The van der Waals surface area contributed by atoms with E-state index in [1.54, 1.807) is 30.0 Å². The van der Waals surface area contributed by atoms with E-state index in [9.17, 15) is 4.39 Å². The Labute approximate surface area is 125 Å². The lowest BCUT2D eigenvalue weighted by Gasteiger charge is -2.14. The Morgan fingerprint density at radius 3 is 2.47 bits per heavy atom. The van der Waals surface area contributed by atoms with Crippen LogP contribution in [-0.2, 0) is 0 Å². The maximum absolute atomic E-state index is 12.8. The van der Waals surface area contributed by atoms with Gasteiger partial charge in [0.1, 0.15) is 5.82 Å². The van der Waals surface area contributed by atoms with E-state index in [0.717, 1.165) is 10.5 Å². The van der Waals surface area contributed by atoms with Crippen molar-refractivity contribution in [2.75, 3.05) is 5.75 Å². The highest BCUT2D eigenvalue weighted by atomic mass is 35.5. The van der Waals surface area contributed by atoms with Crippen LogP contribution in [0.25, 0.3) is 0 Å². The Balaban J connectivity index is 2.03. The van der Waals surface area contributed by atoms with Gasteiger partial charge >= 0.3 is 0 Å². The molecule has 0 saturated heterocycles. The zero-order chi connectivity index (χ0) is 13.8. The number of nitrogens with two attached hydrogens (primary N) is 1. The summed E-state index contributed by atoms with van der Waals surface area (Å²) in [4.78, 5) is 0.968. The predicted molar refractivity (Wildman–Crippen MR) is 80.5 cm³/mol. The van der Waals surface area contributed by atoms with Crippen molar-refractivity contribution in [1.29, 1.82) is 0 Å². The average molecular weight is 316 g/mol. The molecule has 0 spiro atoms. The molecule has 0 aliphatic heterocycles. The highest BCUT2D eigenvalue weighted by molar-refractivity contribution is 7.99. The van der Waals surface area contributed by atoms with Gasteiger partial charge in [-0.25, -0.2) is 4.39 Å². The lowest BCUT2D eigenvalue weighted by molar-refractivity contribution is 0.626. The van der Waals surface area contributed by atoms with E-state index in [1.165, 1.54) is 12.1 Å². The molecule has 1 unspecified atom stereocenters. The van der Waals surface area contributed by atoms with Crippen LogP contribution in [0.4, 0.5) is 4.39 Å².